The fourth-order valence-electron chi connectivity index (χ4n) is 2.04. The van der Waals surface area contributed by atoms with Gasteiger partial charge in [0.1, 0.15) is 11.8 Å². The first kappa shape index (κ1) is 21.2. The molecule has 23 heavy (non-hydrogen) atoms. The van der Waals surface area contributed by atoms with E-state index in [4.69, 9.17) is 10.5 Å². The summed E-state index contributed by atoms with van der Waals surface area (Å²) in [6, 6.07) is 7.15. The Bertz CT molecular complexity index is 620. The first-order valence-electron chi connectivity index (χ1n) is 6.59. The van der Waals surface area contributed by atoms with Crippen LogP contribution in [-0.4, -0.2) is 35.8 Å². The van der Waals surface area contributed by atoms with Gasteiger partial charge in [0.2, 0.25) is 0 Å². The quantitative estimate of drug-likeness (QED) is 0.793. The Kier molecular flexibility index (Phi) is 9.32. The highest BCUT2D eigenvalue weighted by Crippen LogP contribution is 2.14. The van der Waals surface area contributed by atoms with Gasteiger partial charge in [-0.25, -0.2) is 4.98 Å². The van der Waals surface area contributed by atoms with E-state index < -0.39 is 12.0 Å². The fraction of sp³-hybridized carbons (Fsp3) is 0.333. The molecule has 2 aromatic rings. The van der Waals surface area contributed by atoms with Gasteiger partial charge in [-0.3, -0.25) is 4.79 Å². The Morgan fingerprint density at radius 2 is 2.09 bits per heavy atom. The van der Waals surface area contributed by atoms with Crippen LogP contribution >= 0.6 is 24.8 Å². The van der Waals surface area contributed by atoms with E-state index in [0.29, 0.717) is 13.0 Å². The molecule has 1 atom stereocenters. The number of ether oxygens (including phenoxy) is 2. The van der Waals surface area contributed by atoms with Crippen molar-refractivity contribution in [1.29, 1.82) is 0 Å². The summed E-state index contributed by atoms with van der Waals surface area (Å²) in [5.41, 5.74) is 7.59. The molecule has 0 bridgehead atoms. The zero-order chi connectivity index (χ0) is 15.2. The molecule has 6 nitrogen and oxygen atoms in total. The molecular weight excluding hydrogens is 341 g/mol. The van der Waals surface area contributed by atoms with E-state index in [2.05, 4.69) is 9.72 Å². The van der Waals surface area contributed by atoms with Gasteiger partial charge in [0, 0.05) is 19.2 Å². The topological polar surface area (TPSA) is 79.4 Å². The summed E-state index contributed by atoms with van der Waals surface area (Å²) in [7, 11) is 2.96. The largest absolute Gasteiger partial charge is 0.497 e. The lowest BCUT2D eigenvalue weighted by Gasteiger charge is -2.07. The van der Waals surface area contributed by atoms with Crippen LogP contribution in [0.1, 0.15) is 11.3 Å². The summed E-state index contributed by atoms with van der Waals surface area (Å²) in [4.78, 5) is 15.5. The number of carbonyl (C=O) groups excluding carboxylic acids is 1. The lowest BCUT2D eigenvalue weighted by Crippen LogP contribution is -2.33. The number of aromatic nitrogens is 2. The van der Waals surface area contributed by atoms with Crippen LogP contribution in [0.4, 0.5) is 0 Å². The Balaban J connectivity index is 0.00000242. The van der Waals surface area contributed by atoms with Gasteiger partial charge in [-0.2, -0.15) is 0 Å². The van der Waals surface area contributed by atoms with E-state index in [1.807, 2.05) is 35.0 Å². The summed E-state index contributed by atoms with van der Waals surface area (Å²) in [6.07, 6.45) is 3.96. The molecule has 0 amide bonds. The number of rotatable bonds is 6. The third-order valence-corrected chi connectivity index (χ3v) is 3.12. The highest BCUT2D eigenvalue weighted by atomic mass is 35.5. The summed E-state index contributed by atoms with van der Waals surface area (Å²) in [5, 5.41) is 0. The molecule has 2 N–H and O–H groups in total. The number of carbonyl (C=O) groups is 1. The van der Waals surface area contributed by atoms with Crippen LogP contribution in [-0.2, 0) is 22.5 Å². The van der Waals surface area contributed by atoms with Crippen molar-refractivity contribution < 1.29 is 14.3 Å². The normalized spacial score (nSPS) is 10.9. The Hall–Kier alpha value is -1.76. The molecule has 0 saturated heterocycles. The molecule has 0 radical (unpaired) electrons. The van der Waals surface area contributed by atoms with Crippen molar-refractivity contribution in [1.82, 2.24) is 9.55 Å². The Morgan fingerprint density at radius 3 is 2.74 bits per heavy atom. The summed E-state index contributed by atoms with van der Waals surface area (Å²) >= 11 is 0. The Morgan fingerprint density at radius 1 is 1.35 bits per heavy atom. The van der Waals surface area contributed by atoms with Crippen LogP contribution in [0.25, 0.3) is 0 Å². The number of hydrogen-bond acceptors (Lipinski definition) is 5. The van der Waals surface area contributed by atoms with Gasteiger partial charge >= 0.3 is 5.97 Å². The van der Waals surface area contributed by atoms with Crippen LogP contribution in [0.15, 0.2) is 36.8 Å². The number of esters is 1. The van der Waals surface area contributed by atoms with Crippen molar-refractivity contribution in [3.05, 3.63) is 48.0 Å². The molecule has 0 spiro atoms. The second-order valence-electron chi connectivity index (χ2n) is 4.72. The average Bonchev–Trinajstić information content (AvgIpc) is 2.93. The molecule has 0 fully saturated rings. The van der Waals surface area contributed by atoms with E-state index >= 15 is 0 Å². The van der Waals surface area contributed by atoms with Gasteiger partial charge in [-0.15, -0.1) is 24.8 Å². The maximum atomic E-state index is 11.3. The second kappa shape index (κ2) is 10.1. The summed E-state index contributed by atoms with van der Waals surface area (Å²) < 4.78 is 11.7. The lowest BCUT2D eigenvalue weighted by atomic mass is 10.2. The molecule has 2 rings (SSSR count). The van der Waals surface area contributed by atoms with Crippen LogP contribution in [0.3, 0.4) is 0 Å². The van der Waals surface area contributed by atoms with E-state index in [9.17, 15) is 4.79 Å². The van der Waals surface area contributed by atoms with Crippen molar-refractivity contribution in [3.63, 3.8) is 0 Å². The van der Waals surface area contributed by atoms with Crippen LogP contribution < -0.4 is 10.5 Å². The van der Waals surface area contributed by atoms with Crippen molar-refractivity contribution >= 4 is 30.8 Å². The first-order chi connectivity index (χ1) is 10.1. The molecule has 1 aromatic heterocycles. The molecule has 0 aliphatic carbocycles. The molecule has 1 unspecified atom stereocenters. The van der Waals surface area contributed by atoms with Crippen LogP contribution in [0, 0.1) is 0 Å². The van der Waals surface area contributed by atoms with Gasteiger partial charge in [-0.1, -0.05) is 12.1 Å². The second-order valence-corrected chi connectivity index (χ2v) is 4.72. The predicted octanol–water partition coefficient (Wildman–Crippen LogP) is 1.83. The van der Waals surface area contributed by atoms with E-state index in [-0.39, 0.29) is 24.8 Å². The van der Waals surface area contributed by atoms with Crippen molar-refractivity contribution in [3.8, 4) is 5.75 Å². The summed E-state index contributed by atoms with van der Waals surface area (Å²) in [5.74, 6) is 0.387. The SMILES string of the molecule is COC(=O)C(N)Cc1cn(Cc2cccc(OC)c2)cn1.Cl.Cl. The van der Waals surface area contributed by atoms with Crippen molar-refractivity contribution in [2.24, 2.45) is 5.73 Å². The average molecular weight is 362 g/mol. The van der Waals surface area contributed by atoms with Crippen molar-refractivity contribution in [2.75, 3.05) is 14.2 Å². The van der Waals surface area contributed by atoms with Gasteiger partial charge in [0.25, 0.3) is 0 Å². The van der Waals surface area contributed by atoms with E-state index in [0.717, 1.165) is 17.0 Å². The van der Waals surface area contributed by atoms with Gasteiger partial charge < -0.3 is 19.8 Å². The van der Waals surface area contributed by atoms with Gasteiger partial charge in [-0.05, 0) is 17.7 Å². The smallest absolute Gasteiger partial charge is 0.323 e. The number of nitrogens with zero attached hydrogens (tertiary/aromatic N) is 2. The standard InChI is InChI=1S/C15H19N3O3.2ClH/c1-20-13-5-3-4-11(6-13)8-18-9-12(17-10-18)7-14(16)15(19)21-2;;/h3-6,9-10,14H,7-8,16H2,1-2H3;2*1H. The highest BCUT2D eigenvalue weighted by molar-refractivity contribution is 5.85. The molecule has 0 aliphatic heterocycles. The maximum absolute atomic E-state index is 11.3. The van der Waals surface area contributed by atoms with Gasteiger partial charge in [0.05, 0.1) is 26.2 Å². The third kappa shape index (κ3) is 6.09. The molecule has 0 aliphatic rings. The van der Waals surface area contributed by atoms with E-state index in [1.165, 1.54) is 7.11 Å². The molecular formula is C15H21Cl2N3O3. The van der Waals surface area contributed by atoms with Crippen molar-refractivity contribution in [2.45, 2.75) is 19.0 Å². The van der Waals surface area contributed by atoms with E-state index in [1.54, 1.807) is 13.4 Å². The molecule has 1 heterocycles. The lowest BCUT2D eigenvalue weighted by molar-refractivity contribution is -0.142. The zero-order valence-corrected chi connectivity index (χ0v) is 14.6. The number of halogens is 2. The number of hydrogen-bond donors (Lipinski definition) is 1. The Labute approximate surface area is 147 Å². The summed E-state index contributed by atoms with van der Waals surface area (Å²) in [6.45, 7) is 0.678. The van der Waals surface area contributed by atoms with Gasteiger partial charge in [0.15, 0.2) is 0 Å². The third-order valence-electron chi connectivity index (χ3n) is 3.12. The minimum atomic E-state index is -0.685. The molecule has 128 valence electrons. The minimum Gasteiger partial charge on any atom is -0.497 e. The zero-order valence-electron chi connectivity index (χ0n) is 13.0. The minimum absolute atomic E-state index is 0. The number of methoxy groups -OCH3 is 2. The number of imidazole rings is 1. The first-order valence-corrected chi connectivity index (χ1v) is 6.59. The maximum Gasteiger partial charge on any atom is 0.323 e. The molecule has 8 heteroatoms. The molecule has 1 aromatic carbocycles. The highest BCUT2D eigenvalue weighted by Gasteiger charge is 2.15. The fourth-order valence-corrected chi connectivity index (χ4v) is 2.04. The number of nitrogens with two attached hydrogens (primary N) is 1. The number of benzene rings is 1. The van der Waals surface area contributed by atoms with Crippen LogP contribution in [0.5, 0.6) is 5.75 Å². The van der Waals surface area contributed by atoms with Crippen LogP contribution in [0.2, 0.25) is 0 Å². The predicted molar refractivity (Wildman–Crippen MR) is 92.5 cm³/mol. The monoisotopic (exact) mass is 361 g/mol. The molecule has 0 saturated carbocycles.